The average Bonchev–Trinajstić information content (AvgIpc) is 3.10. The summed E-state index contributed by atoms with van der Waals surface area (Å²) in [6.45, 7) is 4.83. The van der Waals surface area contributed by atoms with Crippen molar-refractivity contribution >= 4 is 16.8 Å². The molecule has 0 saturated carbocycles. The second-order valence-corrected chi connectivity index (χ2v) is 6.78. The number of rotatable bonds is 8. The fourth-order valence-electron chi connectivity index (χ4n) is 3.40. The van der Waals surface area contributed by atoms with E-state index in [0.717, 1.165) is 47.8 Å². The normalized spacial score (nSPS) is 11.2. The SMILES string of the molecule is CCCC(CCC)C(=O)NCc1ccc2c(cnn2-c2ccccc2)c1. The lowest BCUT2D eigenvalue weighted by Gasteiger charge is -2.15. The molecule has 3 aromatic rings. The molecular formula is C22H27N3O. The first kappa shape index (κ1) is 18.2. The second-order valence-electron chi connectivity index (χ2n) is 6.78. The van der Waals surface area contributed by atoms with Gasteiger partial charge in [-0.05, 0) is 42.7 Å². The zero-order valence-electron chi connectivity index (χ0n) is 15.6. The fraction of sp³-hybridized carbons (Fsp3) is 0.364. The maximum atomic E-state index is 12.4. The van der Waals surface area contributed by atoms with Crippen LogP contribution in [0.2, 0.25) is 0 Å². The van der Waals surface area contributed by atoms with Gasteiger partial charge >= 0.3 is 0 Å². The number of aromatic nitrogens is 2. The summed E-state index contributed by atoms with van der Waals surface area (Å²) in [4.78, 5) is 12.4. The van der Waals surface area contributed by atoms with Crippen molar-refractivity contribution in [2.45, 2.75) is 46.1 Å². The van der Waals surface area contributed by atoms with Crippen LogP contribution in [-0.2, 0) is 11.3 Å². The monoisotopic (exact) mass is 349 g/mol. The lowest BCUT2D eigenvalue weighted by molar-refractivity contribution is -0.125. The van der Waals surface area contributed by atoms with Crippen molar-refractivity contribution in [3.8, 4) is 5.69 Å². The number of para-hydroxylation sites is 1. The average molecular weight is 349 g/mol. The van der Waals surface area contributed by atoms with Gasteiger partial charge in [0.1, 0.15) is 0 Å². The molecule has 3 rings (SSSR count). The number of nitrogens with one attached hydrogen (secondary N) is 1. The molecule has 0 spiro atoms. The zero-order chi connectivity index (χ0) is 18.4. The Morgan fingerprint density at radius 1 is 1.08 bits per heavy atom. The minimum absolute atomic E-state index is 0.134. The van der Waals surface area contributed by atoms with Crippen LogP contribution < -0.4 is 5.32 Å². The van der Waals surface area contributed by atoms with Crippen molar-refractivity contribution in [2.24, 2.45) is 5.92 Å². The van der Waals surface area contributed by atoms with Crippen LogP contribution in [0.3, 0.4) is 0 Å². The van der Waals surface area contributed by atoms with E-state index in [-0.39, 0.29) is 11.8 Å². The second kappa shape index (κ2) is 8.65. The van der Waals surface area contributed by atoms with E-state index < -0.39 is 0 Å². The number of hydrogen-bond acceptors (Lipinski definition) is 2. The molecule has 1 amide bonds. The Morgan fingerprint density at radius 2 is 1.81 bits per heavy atom. The summed E-state index contributed by atoms with van der Waals surface area (Å²) in [6.07, 6.45) is 5.89. The van der Waals surface area contributed by atoms with E-state index in [4.69, 9.17) is 0 Å². The van der Waals surface area contributed by atoms with Crippen LogP contribution in [0.4, 0.5) is 0 Å². The number of fused-ring (bicyclic) bond motifs is 1. The highest BCUT2D eigenvalue weighted by molar-refractivity contribution is 5.81. The Balaban J connectivity index is 1.71. The highest BCUT2D eigenvalue weighted by Gasteiger charge is 2.16. The van der Waals surface area contributed by atoms with E-state index in [9.17, 15) is 4.79 Å². The van der Waals surface area contributed by atoms with Crippen LogP contribution in [0.5, 0.6) is 0 Å². The quantitative estimate of drug-likeness (QED) is 0.631. The molecule has 0 bridgehead atoms. The van der Waals surface area contributed by atoms with E-state index in [1.54, 1.807) is 0 Å². The molecule has 0 atom stereocenters. The molecule has 0 radical (unpaired) electrons. The number of carbonyl (C=O) groups is 1. The number of hydrogen-bond donors (Lipinski definition) is 1. The first-order valence-electron chi connectivity index (χ1n) is 9.52. The molecule has 26 heavy (non-hydrogen) atoms. The summed E-state index contributed by atoms with van der Waals surface area (Å²) < 4.78 is 1.94. The smallest absolute Gasteiger partial charge is 0.223 e. The van der Waals surface area contributed by atoms with Gasteiger partial charge < -0.3 is 5.32 Å². The molecular weight excluding hydrogens is 322 g/mol. The van der Waals surface area contributed by atoms with Gasteiger partial charge in [-0.3, -0.25) is 4.79 Å². The maximum Gasteiger partial charge on any atom is 0.223 e. The molecule has 1 heterocycles. The summed E-state index contributed by atoms with van der Waals surface area (Å²) in [5, 5.41) is 8.70. The van der Waals surface area contributed by atoms with Gasteiger partial charge in [-0.1, -0.05) is 51.0 Å². The highest BCUT2D eigenvalue weighted by atomic mass is 16.1. The Morgan fingerprint density at radius 3 is 2.50 bits per heavy atom. The third-order valence-electron chi connectivity index (χ3n) is 4.74. The zero-order valence-corrected chi connectivity index (χ0v) is 15.6. The van der Waals surface area contributed by atoms with Gasteiger partial charge in [0.25, 0.3) is 0 Å². The van der Waals surface area contributed by atoms with Gasteiger partial charge in [-0.2, -0.15) is 5.10 Å². The minimum atomic E-state index is 0.134. The molecule has 0 saturated heterocycles. The van der Waals surface area contributed by atoms with Crippen molar-refractivity contribution in [1.29, 1.82) is 0 Å². The lowest BCUT2D eigenvalue weighted by Crippen LogP contribution is -2.30. The molecule has 4 heteroatoms. The van der Waals surface area contributed by atoms with Gasteiger partial charge in [0.15, 0.2) is 0 Å². The van der Waals surface area contributed by atoms with Crippen LogP contribution in [0.15, 0.2) is 54.7 Å². The van der Waals surface area contributed by atoms with Crippen molar-refractivity contribution in [3.63, 3.8) is 0 Å². The Hall–Kier alpha value is -2.62. The summed E-state index contributed by atoms with van der Waals surface area (Å²) in [5.74, 6) is 0.309. The molecule has 0 unspecified atom stereocenters. The Bertz CT molecular complexity index is 848. The van der Waals surface area contributed by atoms with Gasteiger partial charge in [-0.15, -0.1) is 0 Å². The van der Waals surface area contributed by atoms with E-state index in [1.165, 1.54) is 0 Å². The largest absolute Gasteiger partial charge is 0.352 e. The third-order valence-corrected chi connectivity index (χ3v) is 4.74. The predicted octanol–water partition coefficient (Wildman–Crippen LogP) is 4.86. The van der Waals surface area contributed by atoms with Crippen molar-refractivity contribution < 1.29 is 4.79 Å². The molecule has 2 aromatic carbocycles. The number of amides is 1. The van der Waals surface area contributed by atoms with Crippen molar-refractivity contribution in [3.05, 3.63) is 60.3 Å². The summed E-state index contributed by atoms with van der Waals surface area (Å²) in [7, 11) is 0. The molecule has 136 valence electrons. The minimum Gasteiger partial charge on any atom is -0.352 e. The van der Waals surface area contributed by atoms with Gasteiger partial charge in [0.2, 0.25) is 5.91 Å². The molecule has 1 N–H and O–H groups in total. The maximum absolute atomic E-state index is 12.4. The summed E-state index contributed by atoms with van der Waals surface area (Å²) >= 11 is 0. The van der Waals surface area contributed by atoms with E-state index >= 15 is 0 Å². The molecule has 0 aliphatic carbocycles. The Labute approximate surface area is 155 Å². The highest BCUT2D eigenvalue weighted by Crippen LogP contribution is 2.20. The van der Waals surface area contributed by atoms with Gasteiger partial charge in [-0.25, -0.2) is 4.68 Å². The van der Waals surface area contributed by atoms with E-state index in [2.05, 4.69) is 42.5 Å². The van der Waals surface area contributed by atoms with Crippen molar-refractivity contribution in [1.82, 2.24) is 15.1 Å². The molecule has 4 nitrogen and oxygen atoms in total. The Kier molecular flexibility index (Phi) is 6.05. The topological polar surface area (TPSA) is 46.9 Å². The first-order chi connectivity index (χ1) is 12.7. The molecule has 0 aliphatic heterocycles. The fourth-order valence-corrected chi connectivity index (χ4v) is 3.40. The van der Waals surface area contributed by atoms with Crippen LogP contribution in [-0.4, -0.2) is 15.7 Å². The summed E-state index contributed by atoms with van der Waals surface area (Å²) in [5.41, 5.74) is 3.22. The number of carbonyl (C=O) groups excluding carboxylic acids is 1. The standard InChI is InChI=1S/C22H27N3O/c1-3-8-18(9-4-2)22(26)23-15-17-12-13-21-19(14-17)16-24-25(21)20-10-6-5-7-11-20/h5-7,10-14,16,18H,3-4,8-9,15H2,1-2H3,(H,23,26). The van der Waals surface area contributed by atoms with E-state index in [0.29, 0.717) is 6.54 Å². The van der Waals surface area contributed by atoms with Crippen LogP contribution in [0.1, 0.15) is 45.1 Å². The number of nitrogens with zero attached hydrogens (tertiary/aromatic N) is 2. The first-order valence-corrected chi connectivity index (χ1v) is 9.52. The van der Waals surface area contributed by atoms with Gasteiger partial charge in [0, 0.05) is 17.8 Å². The lowest BCUT2D eigenvalue weighted by atomic mass is 9.97. The van der Waals surface area contributed by atoms with Crippen LogP contribution >= 0.6 is 0 Å². The van der Waals surface area contributed by atoms with Crippen molar-refractivity contribution in [2.75, 3.05) is 0 Å². The van der Waals surface area contributed by atoms with E-state index in [1.807, 2.05) is 41.2 Å². The molecule has 0 aliphatic rings. The predicted molar refractivity (Wildman–Crippen MR) is 106 cm³/mol. The van der Waals surface area contributed by atoms with Crippen LogP contribution in [0, 0.1) is 5.92 Å². The number of benzene rings is 2. The molecule has 1 aromatic heterocycles. The molecule has 0 fully saturated rings. The third kappa shape index (κ3) is 4.13. The van der Waals surface area contributed by atoms with Crippen LogP contribution in [0.25, 0.3) is 16.6 Å². The summed E-state index contributed by atoms with van der Waals surface area (Å²) in [6, 6.07) is 16.4. The van der Waals surface area contributed by atoms with Gasteiger partial charge in [0.05, 0.1) is 17.4 Å².